The Morgan fingerprint density at radius 2 is 1.59 bits per heavy atom. The molecule has 11 heteroatoms. The lowest BCUT2D eigenvalue weighted by molar-refractivity contribution is 0.102. The van der Waals surface area contributed by atoms with Gasteiger partial charge in [-0.1, -0.05) is 47.1 Å². The molecule has 2 aliphatic carbocycles. The van der Waals surface area contributed by atoms with Crippen molar-refractivity contribution < 1.29 is 30.9 Å². The van der Waals surface area contributed by atoms with Gasteiger partial charge >= 0.3 is 0 Å². The summed E-state index contributed by atoms with van der Waals surface area (Å²) in [5.41, 5.74) is 1.33. The fraction of sp³-hybridized carbons (Fsp3) is 0.267. The Kier molecular flexibility index (Phi) is 7.15. The van der Waals surface area contributed by atoms with Crippen LogP contribution in [0.5, 0.6) is 0 Å². The number of sulfone groups is 1. The molecule has 1 amide bonds. The Balaban J connectivity index is 1.22. The van der Waals surface area contributed by atoms with Gasteiger partial charge in [-0.3, -0.25) is 4.79 Å². The van der Waals surface area contributed by atoms with E-state index in [-0.39, 0.29) is 38.9 Å². The molecule has 4 atom stereocenters. The second-order valence-electron chi connectivity index (χ2n) is 10.6. The minimum atomic E-state index is -3.95. The summed E-state index contributed by atoms with van der Waals surface area (Å²) in [5, 5.41) is 5.88. The van der Waals surface area contributed by atoms with Crippen LogP contribution in [-0.2, 0) is 9.84 Å². The number of benzene rings is 3. The van der Waals surface area contributed by atoms with Gasteiger partial charge in [0.15, 0.2) is 33.0 Å². The lowest BCUT2D eigenvalue weighted by Crippen LogP contribution is -2.37. The summed E-state index contributed by atoms with van der Waals surface area (Å²) in [6, 6.07) is 16.6. The maximum atomic E-state index is 14.0. The molecule has 2 aliphatic rings. The van der Waals surface area contributed by atoms with Gasteiger partial charge in [0.2, 0.25) is 0 Å². The van der Waals surface area contributed by atoms with E-state index in [1.54, 1.807) is 0 Å². The number of carbonyl (C=O) groups is 1. The molecule has 41 heavy (non-hydrogen) atoms. The number of amides is 1. The van der Waals surface area contributed by atoms with Crippen LogP contribution in [0.25, 0.3) is 11.3 Å². The number of fused-ring (bicyclic) bond motifs is 2. The summed E-state index contributed by atoms with van der Waals surface area (Å²) in [4.78, 5) is 12.7. The molecule has 0 radical (unpaired) electrons. The third-order valence-corrected chi connectivity index (χ3v) is 11.0. The van der Waals surface area contributed by atoms with Crippen LogP contribution in [0.1, 0.15) is 47.7 Å². The number of halogens is 4. The Hall–Kier alpha value is -3.63. The largest absolute Gasteiger partial charge is 0.356 e. The summed E-state index contributed by atoms with van der Waals surface area (Å²) in [6.07, 6.45) is 2.74. The minimum absolute atomic E-state index is 0.0223. The normalized spacial score (nSPS) is 22.0. The number of hydrogen-bond acceptors (Lipinski definition) is 5. The highest BCUT2D eigenvalue weighted by Crippen LogP contribution is 2.52. The number of rotatable bonds is 6. The first kappa shape index (κ1) is 27.5. The summed E-state index contributed by atoms with van der Waals surface area (Å²) in [6.45, 7) is 0. The van der Waals surface area contributed by atoms with Crippen LogP contribution >= 0.6 is 11.6 Å². The van der Waals surface area contributed by atoms with Crippen LogP contribution in [0, 0.1) is 29.3 Å². The molecule has 2 bridgehead atoms. The average molecular weight is 601 g/mol. The standard InChI is InChI=1S/C30H24ClF3N2O4S/c31-22-9-8-19(30(37)35-21-13-23(32)28(34)24(33)14-21)12-27(22)41(38,39)29-17-6-7-18(29)11-20(10-17)25-15-26(40-36-25)16-4-2-1-3-5-16/h1-5,8-9,12-15,17-18,20,29H,6-7,10-11H2,(H,35,37)/t17-,18?,20?,29?/m0/s1. The summed E-state index contributed by atoms with van der Waals surface area (Å²) < 4.78 is 74.0. The van der Waals surface area contributed by atoms with Crippen molar-refractivity contribution >= 4 is 33.0 Å². The third-order valence-electron chi connectivity index (χ3n) is 8.12. The van der Waals surface area contributed by atoms with E-state index in [9.17, 15) is 26.4 Å². The van der Waals surface area contributed by atoms with Crippen LogP contribution in [-0.4, -0.2) is 24.7 Å². The molecule has 6 rings (SSSR count). The van der Waals surface area contributed by atoms with E-state index in [1.165, 1.54) is 18.2 Å². The van der Waals surface area contributed by atoms with Crippen molar-refractivity contribution in [1.29, 1.82) is 0 Å². The van der Waals surface area contributed by atoms with E-state index >= 15 is 0 Å². The molecule has 2 fully saturated rings. The second-order valence-corrected chi connectivity index (χ2v) is 13.1. The second kappa shape index (κ2) is 10.6. The van der Waals surface area contributed by atoms with Crippen molar-refractivity contribution in [2.24, 2.45) is 11.8 Å². The fourth-order valence-corrected chi connectivity index (χ4v) is 9.15. The number of nitrogens with one attached hydrogen (secondary N) is 1. The van der Waals surface area contributed by atoms with Crippen LogP contribution in [0.2, 0.25) is 5.02 Å². The molecule has 0 spiro atoms. The highest BCUT2D eigenvalue weighted by atomic mass is 35.5. The Bertz CT molecular complexity index is 1710. The number of carbonyl (C=O) groups excluding carboxylic acids is 1. The molecule has 3 aromatic carbocycles. The minimum Gasteiger partial charge on any atom is -0.356 e. The zero-order chi connectivity index (χ0) is 28.9. The molecule has 6 nitrogen and oxygen atoms in total. The SMILES string of the molecule is O=C(Nc1cc(F)c(F)c(F)c1)c1ccc(Cl)c(S(=O)(=O)C2C3CC[C@H]2CC(c2cc(-c4ccccc4)on2)C3)c1. The number of anilines is 1. The quantitative estimate of drug-likeness (QED) is 0.233. The lowest BCUT2D eigenvalue weighted by atomic mass is 9.79. The van der Waals surface area contributed by atoms with E-state index < -0.39 is 38.4 Å². The van der Waals surface area contributed by atoms with Gasteiger partial charge in [0.25, 0.3) is 5.91 Å². The monoisotopic (exact) mass is 600 g/mol. The highest BCUT2D eigenvalue weighted by Gasteiger charge is 2.50. The van der Waals surface area contributed by atoms with Gasteiger partial charge in [-0.25, -0.2) is 21.6 Å². The number of hydrogen-bond donors (Lipinski definition) is 1. The Morgan fingerprint density at radius 3 is 2.24 bits per heavy atom. The first-order valence-corrected chi connectivity index (χ1v) is 15.1. The van der Waals surface area contributed by atoms with Crippen molar-refractivity contribution in [3.05, 3.63) is 100 Å². The molecule has 0 aliphatic heterocycles. The van der Waals surface area contributed by atoms with Crippen LogP contribution < -0.4 is 5.32 Å². The van der Waals surface area contributed by atoms with Crippen molar-refractivity contribution in [3.63, 3.8) is 0 Å². The number of nitrogens with zero attached hydrogens (tertiary/aromatic N) is 1. The molecule has 1 aromatic heterocycles. The predicted molar refractivity (Wildman–Crippen MR) is 147 cm³/mol. The van der Waals surface area contributed by atoms with Crippen LogP contribution in [0.3, 0.4) is 0 Å². The van der Waals surface area contributed by atoms with Gasteiger partial charge in [-0.05, 0) is 55.7 Å². The fourth-order valence-electron chi connectivity index (χ4n) is 6.28. The highest BCUT2D eigenvalue weighted by molar-refractivity contribution is 7.92. The summed E-state index contributed by atoms with van der Waals surface area (Å²) in [5.74, 6) is -4.94. The molecule has 212 valence electrons. The van der Waals surface area contributed by atoms with E-state index in [0.717, 1.165) is 24.1 Å². The van der Waals surface area contributed by atoms with Crippen LogP contribution in [0.15, 0.2) is 76.1 Å². The van der Waals surface area contributed by atoms with E-state index in [0.29, 0.717) is 30.7 Å². The van der Waals surface area contributed by atoms with Crippen molar-refractivity contribution in [2.45, 2.75) is 41.7 Å². The first-order chi connectivity index (χ1) is 19.6. The van der Waals surface area contributed by atoms with E-state index in [2.05, 4.69) is 10.5 Å². The molecular weight excluding hydrogens is 577 g/mol. The van der Waals surface area contributed by atoms with Gasteiger partial charge in [-0.15, -0.1) is 0 Å². The van der Waals surface area contributed by atoms with Crippen LogP contribution in [0.4, 0.5) is 18.9 Å². The van der Waals surface area contributed by atoms with Gasteiger partial charge in [0.05, 0.1) is 20.9 Å². The Labute approximate surface area is 239 Å². The molecule has 3 unspecified atom stereocenters. The molecule has 1 heterocycles. The van der Waals surface area contributed by atoms with Gasteiger partial charge in [0.1, 0.15) is 0 Å². The molecular formula is C30H24ClF3N2O4S. The average Bonchev–Trinajstić information content (AvgIpc) is 3.55. The molecule has 4 aromatic rings. The third kappa shape index (κ3) is 5.15. The van der Waals surface area contributed by atoms with Crippen molar-refractivity contribution in [3.8, 4) is 11.3 Å². The Morgan fingerprint density at radius 1 is 0.927 bits per heavy atom. The molecule has 1 N–H and O–H groups in total. The maximum absolute atomic E-state index is 14.0. The summed E-state index contributed by atoms with van der Waals surface area (Å²) in [7, 11) is -3.95. The van der Waals surface area contributed by atoms with Gasteiger partial charge < -0.3 is 9.84 Å². The topological polar surface area (TPSA) is 89.3 Å². The van der Waals surface area contributed by atoms with E-state index in [1.807, 2.05) is 36.4 Å². The predicted octanol–water partition coefficient (Wildman–Crippen LogP) is 7.41. The van der Waals surface area contributed by atoms with Crippen molar-refractivity contribution in [1.82, 2.24) is 5.16 Å². The van der Waals surface area contributed by atoms with Gasteiger partial charge in [-0.2, -0.15) is 0 Å². The smallest absolute Gasteiger partial charge is 0.255 e. The first-order valence-electron chi connectivity index (χ1n) is 13.1. The zero-order valence-electron chi connectivity index (χ0n) is 21.5. The lowest BCUT2D eigenvalue weighted by Gasteiger charge is -2.34. The number of aromatic nitrogens is 1. The summed E-state index contributed by atoms with van der Waals surface area (Å²) >= 11 is 6.35. The van der Waals surface area contributed by atoms with Gasteiger partial charge in [0, 0.05) is 40.9 Å². The molecule has 0 saturated heterocycles. The maximum Gasteiger partial charge on any atom is 0.255 e. The zero-order valence-corrected chi connectivity index (χ0v) is 23.1. The van der Waals surface area contributed by atoms with Crippen molar-refractivity contribution in [2.75, 3.05) is 5.32 Å². The molecule has 2 saturated carbocycles. The van der Waals surface area contributed by atoms with E-state index in [4.69, 9.17) is 16.1 Å².